The summed E-state index contributed by atoms with van der Waals surface area (Å²) in [6, 6.07) is 4.25. The highest BCUT2D eigenvalue weighted by Crippen LogP contribution is 2.17. The molecule has 0 saturated heterocycles. The summed E-state index contributed by atoms with van der Waals surface area (Å²) in [5.41, 5.74) is 0.587. The summed E-state index contributed by atoms with van der Waals surface area (Å²) < 4.78 is 18.2. The molecule has 0 radical (unpaired) electrons. The van der Waals surface area contributed by atoms with E-state index in [0.29, 0.717) is 17.9 Å². The summed E-state index contributed by atoms with van der Waals surface area (Å²) in [6.07, 6.45) is 0.140. The fourth-order valence-electron chi connectivity index (χ4n) is 1.25. The molecule has 0 aromatic heterocycles. The van der Waals surface area contributed by atoms with Gasteiger partial charge in [-0.05, 0) is 24.6 Å². The van der Waals surface area contributed by atoms with E-state index in [2.05, 4.69) is 0 Å². The van der Waals surface area contributed by atoms with Gasteiger partial charge < -0.3 is 4.74 Å². The van der Waals surface area contributed by atoms with Crippen molar-refractivity contribution in [2.24, 2.45) is 0 Å². The van der Waals surface area contributed by atoms with Crippen molar-refractivity contribution in [3.8, 4) is 5.75 Å². The van der Waals surface area contributed by atoms with E-state index in [9.17, 15) is 9.18 Å². The van der Waals surface area contributed by atoms with Crippen LogP contribution in [0.5, 0.6) is 5.75 Å². The molecule has 1 aromatic carbocycles. The van der Waals surface area contributed by atoms with E-state index in [1.807, 2.05) is 6.92 Å². The predicted molar refractivity (Wildman–Crippen MR) is 57.0 cm³/mol. The number of carbonyl (C=O) groups is 1. The molecule has 0 fully saturated rings. The van der Waals surface area contributed by atoms with Crippen LogP contribution in [0.3, 0.4) is 0 Å². The Labute approximate surface area is 93.0 Å². The van der Waals surface area contributed by atoms with Gasteiger partial charge in [0.15, 0.2) is 5.78 Å². The van der Waals surface area contributed by atoms with E-state index < -0.39 is 5.82 Å². The van der Waals surface area contributed by atoms with Gasteiger partial charge in [0.25, 0.3) is 0 Å². The smallest absolute Gasteiger partial charge is 0.151 e. The summed E-state index contributed by atoms with van der Waals surface area (Å²) in [6.45, 7) is 2.28. The maximum atomic E-state index is 13.1. The summed E-state index contributed by atoms with van der Waals surface area (Å²) in [4.78, 5) is 11.1. The third-order valence-corrected chi connectivity index (χ3v) is 2.09. The number of ketones is 1. The number of ether oxygens (including phenoxy) is 1. The molecule has 0 amide bonds. The molecule has 0 unspecified atom stereocenters. The van der Waals surface area contributed by atoms with Crippen molar-refractivity contribution in [1.29, 1.82) is 0 Å². The molecule has 4 heteroatoms. The summed E-state index contributed by atoms with van der Waals surface area (Å²) in [5.74, 6) is -0.154. The van der Waals surface area contributed by atoms with Crippen LogP contribution in [0.4, 0.5) is 4.39 Å². The van der Waals surface area contributed by atoms with E-state index in [0.717, 1.165) is 0 Å². The average Bonchev–Trinajstić information content (AvgIpc) is 2.17. The van der Waals surface area contributed by atoms with Crippen molar-refractivity contribution in [3.05, 3.63) is 29.6 Å². The van der Waals surface area contributed by atoms with Crippen molar-refractivity contribution in [2.45, 2.75) is 13.3 Å². The third kappa shape index (κ3) is 3.88. The standard InChI is InChI=1S/C11H12ClFO2/c1-2-15-11-5-8(3-9(13)6-11)4-10(14)7-12/h3,5-6H,2,4,7H2,1H3. The van der Waals surface area contributed by atoms with E-state index in [1.165, 1.54) is 12.1 Å². The van der Waals surface area contributed by atoms with Crippen molar-refractivity contribution < 1.29 is 13.9 Å². The lowest BCUT2D eigenvalue weighted by atomic mass is 10.1. The zero-order valence-electron chi connectivity index (χ0n) is 8.43. The van der Waals surface area contributed by atoms with Gasteiger partial charge >= 0.3 is 0 Å². The lowest BCUT2D eigenvalue weighted by Gasteiger charge is -2.05. The Kier molecular flexibility index (Phi) is 4.56. The monoisotopic (exact) mass is 230 g/mol. The van der Waals surface area contributed by atoms with E-state index >= 15 is 0 Å². The Bertz CT molecular complexity index is 352. The molecule has 0 saturated carbocycles. The second-order valence-electron chi connectivity index (χ2n) is 3.08. The molecule has 2 nitrogen and oxygen atoms in total. The molecule has 82 valence electrons. The van der Waals surface area contributed by atoms with Crippen LogP contribution >= 0.6 is 11.6 Å². The maximum absolute atomic E-state index is 13.1. The van der Waals surface area contributed by atoms with Crippen LogP contribution in [0.1, 0.15) is 12.5 Å². The van der Waals surface area contributed by atoms with Crippen LogP contribution in [0.25, 0.3) is 0 Å². The fourth-order valence-corrected chi connectivity index (χ4v) is 1.34. The molecule has 1 aromatic rings. The quantitative estimate of drug-likeness (QED) is 0.727. The Morgan fingerprint density at radius 3 is 2.80 bits per heavy atom. The molecular formula is C11H12ClFO2. The van der Waals surface area contributed by atoms with Crippen LogP contribution in [0.2, 0.25) is 0 Å². The van der Waals surface area contributed by atoms with Gasteiger partial charge in [-0.2, -0.15) is 0 Å². The lowest BCUT2D eigenvalue weighted by molar-refractivity contribution is -0.116. The van der Waals surface area contributed by atoms with Gasteiger partial charge in [-0.3, -0.25) is 4.79 Å². The minimum atomic E-state index is -0.404. The molecule has 0 aliphatic carbocycles. The number of hydrogen-bond donors (Lipinski definition) is 0. The number of carbonyl (C=O) groups excluding carboxylic acids is 1. The second kappa shape index (κ2) is 5.71. The topological polar surface area (TPSA) is 26.3 Å². The Hall–Kier alpha value is -1.09. The van der Waals surface area contributed by atoms with E-state index in [1.54, 1.807) is 6.07 Å². The third-order valence-electron chi connectivity index (χ3n) is 1.79. The number of rotatable bonds is 5. The van der Waals surface area contributed by atoms with Gasteiger partial charge in [-0.25, -0.2) is 4.39 Å². The van der Waals surface area contributed by atoms with Crippen molar-refractivity contribution in [3.63, 3.8) is 0 Å². The van der Waals surface area contributed by atoms with E-state index in [4.69, 9.17) is 16.3 Å². The van der Waals surface area contributed by atoms with Crippen molar-refractivity contribution in [2.75, 3.05) is 12.5 Å². The second-order valence-corrected chi connectivity index (χ2v) is 3.34. The minimum absolute atomic E-state index is 0.0551. The molecule has 0 aliphatic heterocycles. The molecular weight excluding hydrogens is 219 g/mol. The highest BCUT2D eigenvalue weighted by atomic mass is 35.5. The van der Waals surface area contributed by atoms with Crippen molar-refractivity contribution in [1.82, 2.24) is 0 Å². The first-order valence-corrected chi connectivity index (χ1v) is 5.19. The van der Waals surface area contributed by atoms with Gasteiger partial charge in [0.1, 0.15) is 11.6 Å². The van der Waals surface area contributed by atoms with Gasteiger partial charge in [0.05, 0.1) is 12.5 Å². The predicted octanol–water partition coefficient (Wildman–Crippen LogP) is 2.57. The summed E-state index contributed by atoms with van der Waals surface area (Å²) in [5, 5.41) is 0. The summed E-state index contributed by atoms with van der Waals surface area (Å²) in [7, 11) is 0. The fraction of sp³-hybridized carbons (Fsp3) is 0.364. The Balaban J connectivity index is 2.83. The van der Waals surface area contributed by atoms with Crippen molar-refractivity contribution >= 4 is 17.4 Å². The molecule has 0 atom stereocenters. The first-order chi connectivity index (χ1) is 7.15. The van der Waals surface area contributed by atoms with Crippen LogP contribution in [0.15, 0.2) is 18.2 Å². The largest absolute Gasteiger partial charge is 0.494 e. The molecule has 0 heterocycles. The molecule has 1 rings (SSSR count). The molecule has 15 heavy (non-hydrogen) atoms. The number of halogens is 2. The van der Waals surface area contributed by atoms with Crippen LogP contribution < -0.4 is 4.74 Å². The Morgan fingerprint density at radius 2 is 2.20 bits per heavy atom. The van der Waals surface area contributed by atoms with Gasteiger partial charge in [0.2, 0.25) is 0 Å². The lowest BCUT2D eigenvalue weighted by Crippen LogP contribution is -2.04. The molecule has 0 spiro atoms. The van der Waals surface area contributed by atoms with Crippen LogP contribution in [-0.4, -0.2) is 18.3 Å². The highest BCUT2D eigenvalue weighted by Gasteiger charge is 2.06. The van der Waals surface area contributed by atoms with Crippen LogP contribution in [0, 0.1) is 5.82 Å². The first-order valence-electron chi connectivity index (χ1n) is 4.65. The number of alkyl halides is 1. The van der Waals surface area contributed by atoms with Gasteiger partial charge in [-0.1, -0.05) is 0 Å². The normalized spacial score (nSPS) is 10.1. The Morgan fingerprint density at radius 1 is 1.47 bits per heavy atom. The zero-order chi connectivity index (χ0) is 11.3. The number of hydrogen-bond acceptors (Lipinski definition) is 2. The zero-order valence-corrected chi connectivity index (χ0v) is 9.18. The van der Waals surface area contributed by atoms with E-state index in [-0.39, 0.29) is 18.1 Å². The molecule has 0 bridgehead atoms. The first kappa shape index (κ1) is 12.0. The SMILES string of the molecule is CCOc1cc(F)cc(CC(=O)CCl)c1. The molecule has 0 aliphatic rings. The minimum Gasteiger partial charge on any atom is -0.494 e. The van der Waals surface area contributed by atoms with Crippen LogP contribution in [-0.2, 0) is 11.2 Å². The number of Topliss-reactive ketones (excluding diaryl/α,β-unsaturated/α-hetero) is 1. The molecule has 0 N–H and O–H groups in total. The highest BCUT2D eigenvalue weighted by molar-refractivity contribution is 6.27. The number of benzene rings is 1. The summed E-state index contributed by atoms with van der Waals surface area (Å²) >= 11 is 5.37. The van der Waals surface area contributed by atoms with Gasteiger partial charge in [0, 0.05) is 12.5 Å². The average molecular weight is 231 g/mol. The van der Waals surface area contributed by atoms with Gasteiger partial charge in [-0.15, -0.1) is 11.6 Å². The maximum Gasteiger partial charge on any atom is 0.151 e.